The van der Waals surface area contributed by atoms with Gasteiger partial charge >= 0.3 is 0 Å². The third-order valence-electron chi connectivity index (χ3n) is 2.85. The quantitative estimate of drug-likeness (QED) is 0.890. The van der Waals surface area contributed by atoms with Gasteiger partial charge in [0, 0.05) is 23.8 Å². The van der Waals surface area contributed by atoms with Gasteiger partial charge in [0.15, 0.2) is 0 Å². The van der Waals surface area contributed by atoms with Crippen molar-refractivity contribution in [2.45, 2.75) is 26.0 Å². The van der Waals surface area contributed by atoms with Gasteiger partial charge in [-0.1, -0.05) is 30.1 Å². The van der Waals surface area contributed by atoms with Crippen molar-refractivity contribution in [1.29, 1.82) is 0 Å². The van der Waals surface area contributed by atoms with Gasteiger partial charge in [0.05, 0.1) is 11.6 Å². The molecule has 6 heteroatoms. The summed E-state index contributed by atoms with van der Waals surface area (Å²) in [5.41, 5.74) is 0. The Morgan fingerprint density at radius 1 is 1.40 bits per heavy atom. The molecular weight excluding hydrogens is 299 g/mol. The second-order valence-corrected chi connectivity index (χ2v) is 5.23. The molecule has 0 bridgehead atoms. The van der Waals surface area contributed by atoms with E-state index in [9.17, 15) is 5.11 Å². The summed E-state index contributed by atoms with van der Waals surface area (Å²) < 4.78 is 7.42. The standard InChI is InChI=1S/C14H16Cl2N2O2/c1-2-14-17-5-6-18(14)8-11(19)9-20-13-4-3-10(15)7-12(13)16/h3-7,11,19H,2,8-9H2,1H3. The van der Waals surface area contributed by atoms with Crippen molar-refractivity contribution in [3.8, 4) is 5.75 Å². The zero-order valence-electron chi connectivity index (χ0n) is 11.1. The molecule has 0 radical (unpaired) electrons. The third-order valence-corrected chi connectivity index (χ3v) is 3.38. The maximum Gasteiger partial charge on any atom is 0.138 e. The molecule has 1 aromatic carbocycles. The zero-order valence-corrected chi connectivity index (χ0v) is 12.6. The normalized spacial score (nSPS) is 12.4. The summed E-state index contributed by atoms with van der Waals surface area (Å²) >= 11 is 11.8. The Morgan fingerprint density at radius 3 is 2.90 bits per heavy atom. The van der Waals surface area contributed by atoms with Crippen LogP contribution in [0.25, 0.3) is 0 Å². The van der Waals surface area contributed by atoms with E-state index in [2.05, 4.69) is 4.98 Å². The van der Waals surface area contributed by atoms with Crippen LogP contribution in [-0.2, 0) is 13.0 Å². The van der Waals surface area contributed by atoms with E-state index in [0.29, 0.717) is 22.3 Å². The van der Waals surface area contributed by atoms with Gasteiger partial charge in [-0.3, -0.25) is 0 Å². The van der Waals surface area contributed by atoms with E-state index in [1.54, 1.807) is 24.4 Å². The number of aromatic nitrogens is 2. The largest absolute Gasteiger partial charge is 0.489 e. The van der Waals surface area contributed by atoms with Gasteiger partial charge in [0.25, 0.3) is 0 Å². The molecule has 0 saturated heterocycles. The van der Waals surface area contributed by atoms with E-state index in [0.717, 1.165) is 12.2 Å². The summed E-state index contributed by atoms with van der Waals surface area (Å²) in [5.74, 6) is 1.45. The molecule has 1 atom stereocenters. The number of nitrogens with zero attached hydrogens (tertiary/aromatic N) is 2. The molecule has 4 nitrogen and oxygen atoms in total. The number of aliphatic hydroxyl groups excluding tert-OH is 1. The van der Waals surface area contributed by atoms with Crippen LogP contribution >= 0.6 is 23.2 Å². The summed E-state index contributed by atoms with van der Waals surface area (Å²) in [6.07, 6.45) is 3.75. The van der Waals surface area contributed by atoms with E-state index < -0.39 is 6.10 Å². The van der Waals surface area contributed by atoms with Crippen molar-refractivity contribution in [3.63, 3.8) is 0 Å². The zero-order chi connectivity index (χ0) is 14.5. The van der Waals surface area contributed by atoms with E-state index in [1.165, 1.54) is 0 Å². The summed E-state index contributed by atoms with van der Waals surface area (Å²) in [6, 6.07) is 4.99. The minimum atomic E-state index is -0.638. The first-order valence-electron chi connectivity index (χ1n) is 6.36. The summed E-state index contributed by atoms with van der Waals surface area (Å²) in [5, 5.41) is 11.0. The lowest BCUT2D eigenvalue weighted by Crippen LogP contribution is -2.24. The predicted octanol–water partition coefficient (Wildman–Crippen LogP) is 3.19. The summed E-state index contributed by atoms with van der Waals surface area (Å²) in [6.45, 7) is 2.62. The van der Waals surface area contributed by atoms with Crippen LogP contribution in [-0.4, -0.2) is 27.4 Å². The van der Waals surface area contributed by atoms with E-state index in [1.807, 2.05) is 17.7 Å². The minimum absolute atomic E-state index is 0.155. The van der Waals surface area contributed by atoms with Crippen molar-refractivity contribution in [2.24, 2.45) is 0 Å². The fraction of sp³-hybridized carbons (Fsp3) is 0.357. The van der Waals surface area contributed by atoms with Crippen LogP contribution in [0.2, 0.25) is 10.0 Å². The highest BCUT2D eigenvalue weighted by molar-refractivity contribution is 6.35. The van der Waals surface area contributed by atoms with Gasteiger partial charge in [-0.05, 0) is 18.2 Å². The first-order valence-corrected chi connectivity index (χ1v) is 7.11. The van der Waals surface area contributed by atoms with Gasteiger partial charge in [-0.15, -0.1) is 0 Å². The highest BCUT2D eigenvalue weighted by atomic mass is 35.5. The Hall–Kier alpha value is -1.23. The number of rotatable bonds is 6. The van der Waals surface area contributed by atoms with Crippen LogP contribution in [0, 0.1) is 0 Å². The Bertz CT molecular complexity index is 572. The predicted molar refractivity (Wildman–Crippen MR) is 79.6 cm³/mol. The molecule has 0 spiro atoms. The van der Waals surface area contributed by atoms with Crippen LogP contribution in [0.1, 0.15) is 12.7 Å². The molecule has 0 amide bonds. The molecule has 0 aliphatic carbocycles. The Labute approximate surface area is 127 Å². The van der Waals surface area contributed by atoms with Crippen LogP contribution < -0.4 is 4.74 Å². The number of imidazole rings is 1. The third kappa shape index (κ3) is 3.88. The lowest BCUT2D eigenvalue weighted by molar-refractivity contribution is 0.0918. The van der Waals surface area contributed by atoms with Gasteiger partial charge in [0.1, 0.15) is 24.3 Å². The molecule has 2 aromatic rings. The lowest BCUT2D eigenvalue weighted by atomic mass is 10.3. The van der Waals surface area contributed by atoms with E-state index in [4.69, 9.17) is 27.9 Å². The van der Waals surface area contributed by atoms with E-state index >= 15 is 0 Å². The fourth-order valence-corrected chi connectivity index (χ4v) is 2.34. The second-order valence-electron chi connectivity index (χ2n) is 4.39. The lowest BCUT2D eigenvalue weighted by Gasteiger charge is -2.15. The number of hydrogen-bond donors (Lipinski definition) is 1. The number of aliphatic hydroxyl groups is 1. The van der Waals surface area contributed by atoms with Gasteiger partial charge in [-0.2, -0.15) is 0 Å². The van der Waals surface area contributed by atoms with Crippen LogP contribution in [0.15, 0.2) is 30.6 Å². The van der Waals surface area contributed by atoms with Gasteiger partial charge < -0.3 is 14.4 Å². The van der Waals surface area contributed by atoms with Crippen LogP contribution in [0.4, 0.5) is 0 Å². The number of ether oxygens (including phenoxy) is 1. The van der Waals surface area contributed by atoms with Gasteiger partial charge in [-0.25, -0.2) is 4.98 Å². The first-order chi connectivity index (χ1) is 9.60. The maximum absolute atomic E-state index is 10.0. The highest BCUT2D eigenvalue weighted by Gasteiger charge is 2.10. The molecule has 1 aromatic heterocycles. The minimum Gasteiger partial charge on any atom is -0.489 e. The van der Waals surface area contributed by atoms with Crippen molar-refractivity contribution in [1.82, 2.24) is 9.55 Å². The number of aryl methyl sites for hydroxylation is 1. The molecule has 0 fully saturated rings. The number of hydrogen-bond acceptors (Lipinski definition) is 3. The molecule has 1 heterocycles. The van der Waals surface area contributed by atoms with E-state index in [-0.39, 0.29) is 6.61 Å². The molecule has 0 aliphatic heterocycles. The Kier molecular flexibility index (Phi) is 5.29. The molecule has 0 saturated carbocycles. The Balaban J connectivity index is 1.90. The maximum atomic E-state index is 10.0. The number of halogens is 2. The van der Waals surface area contributed by atoms with Crippen LogP contribution in [0.3, 0.4) is 0 Å². The highest BCUT2D eigenvalue weighted by Crippen LogP contribution is 2.27. The summed E-state index contributed by atoms with van der Waals surface area (Å²) in [4.78, 5) is 4.21. The molecule has 1 N–H and O–H groups in total. The molecule has 20 heavy (non-hydrogen) atoms. The van der Waals surface area contributed by atoms with Crippen molar-refractivity contribution < 1.29 is 9.84 Å². The molecular formula is C14H16Cl2N2O2. The monoisotopic (exact) mass is 314 g/mol. The van der Waals surface area contributed by atoms with Crippen LogP contribution in [0.5, 0.6) is 5.75 Å². The van der Waals surface area contributed by atoms with Gasteiger partial charge in [0.2, 0.25) is 0 Å². The number of benzene rings is 1. The average molecular weight is 315 g/mol. The van der Waals surface area contributed by atoms with Crippen molar-refractivity contribution in [3.05, 3.63) is 46.5 Å². The first kappa shape index (κ1) is 15.2. The van der Waals surface area contributed by atoms with Crippen molar-refractivity contribution in [2.75, 3.05) is 6.61 Å². The fourth-order valence-electron chi connectivity index (χ4n) is 1.88. The summed E-state index contributed by atoms with van der Waals surface area (Å²) in [7, 11) is 0. The molecule has 108 valence electrons. The average Bonchev–Trinajstić information content (AvgIpc) is 2.85. The smallest absolute Gasteiger partial charge is 0.138 e. The second kappa shape index (κ2) is 6.97. The Morgan fingerprint density at radius 2 is 2.20 bits per heavy atom. The molecule has 0 aliphatic rings. The van der Waals surface area contributed by atoms with Crippen molar-refractivity contribution >= 4 is 23.2 Å². The molecule has 1 unspecified atom stereocenters. The SMILES string of the molecule is CCc1nccn1CC(O)COc1ccc(Cl)cc1Cl. The molecule has 2 rings (SSSR count). The topological polar surface area (TPSA) is 47.3 Å².